The highest BCUT2D eigenvalue weighted by molar-refractivity contribution is 9.09. The number of hydrogen-bond donors (Lipinski definition) is 1. The van der Waals surface area contributed by atoms with Crippen LogP contribution in [-0.4, -0.2) is 24.4 Å². The summed E-state index contributed by atoms with van der Waals surface area (Å²) in [5.74, 6) is 0.950. The number of halogens is 1. The summed E-state index contributed by atoms with van der Waals surface area (Å²) in [5.41, 5.74) is 1.15. The van der Waals surface area contributed by atoms with Crippen molar-refractivity contribution >= 4 is 21.8 Å². The van der Waals surface area contributed by atoms with E-state index in [0.717, 1.165) is 30.6 Å². The zero-order valence-electron chi connectivity index (χ0n) is 11.6. The van der Waals surface area contributed by atoms with Crippen molar-refractivity contribution in [3.8, 4) is 5.75 Å². The lowest BCUT2D eigenvalue weighted by molar-refractivity contribution is -0.121. The van der Waals surface area contributed by atoms with Crippen molar-refractivity contribution in [2.75, 3.05) is 13.7 Å². The third kappa shape index (κ3) is 6.62. The zero-order chi connectivity index (χ0) is 14.1. The van der Waals surface area contributed by atoms with E-state index in [1.165, 1.54) is 0 Å². The lowest BCUT2D eigenvalue weighted by Crippen LogP contribution is -2.29. The van der Waals surface area contributed by atoms with Gasteiger partial charge in [0.1, 0.15) is 5.75 Å². The van der Waals surface area contributed by atoms with Crippen LogP contribution in [0.4, 0.5) is 0 Å². The van der Waals surface area contributed by atoms with Crippen molar-refractivity contribution in [3.05, 3.63) is 29.8 Å². The van der Waals surface area contributed by atoms with Crippen molar-refractivity contribution in [1.82, 2.24) is 5.32 Å². The van der Waals surface area contributed by atoms with Gasteiger partial charge in [0, 0.05) is 17.8 Å². The quantitative estimate of drug-likeness (QED) is 0.744. The molecule has 0 saturated carbocycles. The number of hydrogen-bond acceptors (Lipinski definition) is 2. The molecule has 0 heterocycles. The first-order valence-electron chi connectivity index (χ1n) is 6.69. The van der Waals surface area contributed by atoms with Crippen LogP contribution in [0, 0.1) is 0 Å². The molecule has 106 valence electrons. The first-order valence-corrected chi connectivity index (χ1v) is 7.61. The van der Waals surface area contributed by atoms with Gasteiger partial charge in [-0.05, 0) is 30.5 Å². The van der Waals surface area contributed by atoms with Crippen LogP contribution < -0.4 is 10.1 Å². The predicted molar refractivity (Wildman–Crippen MR) is 81.9 cm³/mol. The van der Waals surface area contributed by atoms with Gasteiger partial charge in [0.05, 0.1) is 7.11 Å². The molecule has 0 bridgehead atoms. The van der Waals surface area contributed by atoms with Gasteiger partial charge in [-0.2, -0.15) is 0 Å². The van der Waals surface area contributed by atoms with Crippen LogP contribution in [0.15, 0.2) is 24.3 Å². The van der Waals surface area contributed by atoms with Gasteiger partial charge in [-0.1, -0.05) is 41.4 Å². The van der Waals surface area contributed by atoms with Gasteiger partial charge in [0.15, 0.2) is 0 Å². The smallest absolute Gasteiger partial charge is 0.220 e. The highest BCUT2D eigenvalue weighted by Crippen LogP contribution is 2.12. The third-order valence-electron chi connectivity index (χ3n) is 2.92. The second-order valence-corrected chi connectivity index (χ2v) is 5.83. The standard InChI is InChI=1S/C15H22BrNO2/c1-3-4-13(16)11-17-15(18)10-7-12-5-8-14(19-2)9-6-12/h5-6,8-9,13H,3-4,7,10-11H2,1-2H3,(H,17,18). The minimum Gasteiger partial charge on any atom is -0.497 e. The molecule has 0 aromatic heterocycles. The molecular formula is C15H22BrNO2. The minimum absolute atomic E-state index is 0.108. The number of nitrogens with one attached hydrogen (secondary N) is 1. The molecule has 1 amide bonds. The lowest BCUT2D eigenvalue weighted by Gasteiger charge is -2.10. The van der Waals surface area contributed by atoms with E-state index in [9.17, 15) is 4.79 Å². The molecule has 0 fully saturated rings. The number of methoxy groups -OCH3 is 1. The van der Waals surface area contributed by atoms with Gasteiger partial charge >= 0.3 is 0 Å². The maximum atomic E-state index is 11.7. The summed E-state index contributed by atoms with van der Waals surface area (Å²) in [4.78, 5) is 12.1. The fourth-order valence-electron chi connectivity index (χ4n) is 1.78. The average molecular weight is 328 g/mol. The van der Waals surface area contributed by atoms with Crippen LogP contribution in [0.5, 0.6) is 5.75 Å². The van der Waals surface area contributed by atoms with Gasteiger partial charge in [0.2, 0.25) is 5.91 Å². The number of aryl methyl sites for hydroxylation is 1. The number of carbonyl (C=O) groups excluding carboxylic acids is 1. The van der Waals surface area contributed by atoms with E-state index in [2.05, 4.69) is 28.2 Å². The van der Waals surface area contributed by atoms with Gasteiger partial charge in [-0.3, -0.25) is 4.79 Å². The lowest BCUT2D eigenvalue weighted by atomic mass is 10.1. The Morgan fingerprint density at radius 1 is 1.37 bits per heavy atom. The summed E-state index contributed by atoms with van der Waals surface area (Å²) < 4.78 is 5.10. The Morgan fingerprint density at radius 3 is 2.63 bits per heavy atom. The Kier molecular flexibility index (Phi) is 7.56. The molecule has 0 saturated heterocycles. The van der Waals surface area contributed by atoms with Gasteiger partial charge in [-0.25, -0.2) is 0 Å². The van der Waals surface area contributed by atoms with Crippen LogP contribution in [-0.2, 0) is 11.2 Å². The molecule has 1 atom stereocenters. The van der Waals surface area contributed by atoms with E-state index in [1.807, 2.05) is 24.3 Å². The monoisotopic (exact) mass is 327 g/mol. The van der Waals surface area contributed by atoms with Crippen LogP contribution in [0.3, 0.4) is 0 Å². The van der Waals surface area contributed by atoms with E-state index in [1.54, 1.807) is 7.11 Å². The SMILES string of the molecule is CCCC(Br)CNC(=O)CCc1ccc(OC)cc1. The fourth-order valence-corrected chi connectivity index (χ4v) is 2.40. The molecule has 1 aromatic rings. The summed E-state index contributed by atoms with van der Waals surface area (Å²) in [5, 5.41) is 2.95. The Labute approximate surface area is 123 Å². The summed E-state index contributed by atoms with van der Waals surface area (Å²) in [7, 11) is 1.65. The molecule has 1 aromatic carbocycles. The van der Waals surface area contributed by atoms with Crippen LogP contribution in [0.1, 0.15) is 31.7 Å². The van der Waals surface area contributed by atoms with Gasteiger partial charge in [0.25, 0.3) is 0 Å². The Bertz CT molecular complexity index is 378. The number of carbonyl (C=O) groups is 1. The zero-order valence-corrected chi connectivity index (χ0v) is 13.2. The second-order valence-electron chi connectivity index (χ2n) is 4.54. The molecule has 0 spiro atoms. The molecule has 0 aliphatic rings. The highest BCUT2D eigenvalue weighted by atomic mass is 79.9. The molecule has 0 aliphatic carbocycles. The number of alkyl halides is 1. The van der Waals surface area contributed by atoms with E-state index in [-0.39, 0.29) is 5.91 Å². The van der Waals surface area contributed by atoms with Gasteiger partial charge < -0.3 is 10.1 Å². The minimum atomic E-state index is 0.108. The number of benzene rings is 1. The molecule has 4 heteroatoms. The number of amides is 1. The molecular weight excluding hydrogens is 306 g/mol. The van der Waals surface area contributed by atoms with Crippen molar-refractivity contribution in [3.63, 3.8) is 0 Å². The number of rotatable bonds is 8. The van der Waals surface area contributed by atoms with E-state index >= 15 is 0 Å². The summed E-state index contributed by atoms with van der Waals surface area (Å²) in [6.07, 6.45) is 3.49. The van der Waals surface area contributed by atoms with Crippen molar-refractivity contribution < 1.29 is 9.53 Å². The predicted octanol–water partition coefficient (Wildman–Crippen LogP) is 3.31. The van der Waals surface area contributed by atoms with Crippen LogP contribution >= 0.6 is 15.9 Å². The van der Waals surface area contributed by atoms with Crippen LogP contribution in [0.2, 0.25) is 0 Å². The van der Waals surface area contributed by atoms with E-state index in [0.29, 0.717) is 17.8 Å². The topological polar surface area (TPSA) is 38.3 Å². The average Bonchev–Trinajstić information content (AvgIpc) is 2.44. The normalized spacial score (nSPS) is 11.9. The highest BCUT2D eigenvalue weighted by Gasteiger charge is 2.06. The Hall–Kier alpha value is -1.03. The molecule has 1 N–H and O–H groups in total. The van der Waals surface area contributed by atoms with E-state index < -0.39 is 0 Å². The van der Waals surface area contributed by atoms with Crippen molar-refractivity contribution in [1.29, 1.82) is 0 Å². The molecule has 0 radical (unpaired) electrons. The Morgan fingerprint density at radius 2 is 2.05 bits per heavy atom. The molecule has 1 unspecified atom stereocenters. The molecule has 1 rings (SSSR count). The third-order valence-corrected chi connectivity index (χ3v) is 3.70. The van der Waals surface area contributed by atoms with E-state index in [4.69, 9.17) is 4.74 Å². The maximum absolute atomic E-state index is 11.7. The Balaban J connectivity index is 2.25. The first kappa shape index (κ1) is 16.0. The second kappa shape index (κ2) is 8.97. The number of ether oxygens (including phenoxy) is 1. The molecule has 19 heavy (non-hydrogen) atoms. The fraction of sp³-hybridized carbons (Fsp3) is 0.533. The summed E-state index contributed by atoms with van der Waals surface area (Å²) >= 11 is 3.55. The summed E-state index contributed by atoms with van der Waals surface area (Å²) in [6.45, 7) is 2.84. The first-order chi connectivity index (χ1) is 9.15. The van der Waals surface area contributed by atoms with Crippen molar-refractivity contribution in [2.45, 2.75) is 37.4 Å². The van der Waals surface area contributed by atoms with Gasteiger partial charge in [-0.15, -0.1) is 0 Å². The maximum Gasteiger partial charge on any atom is 0.220 e. The van der Waals surface area contributed by atoms with Crippen LogP contribution in [0.25, 0.3) is 0 Å². The van der Waals surface area contributed by atoms with Crippen molar-refractivity contribution in [2.24, 2.45) is 0 Å². The molecule has 3 nitrogen and oxygen atoms in total. The largest absolute Gasteiger partial charge is 0.497 e. The molecule has 0 aliphatic heterocycles. The summed E-state index contributed by atoms with van der Waals surface area (Å²) in [6, 6.07) is 7.83.